The van der Waals surface area contributed by atoms with Gasteiger partial charge in [-0.05, 0) is 44.7 Å². The molecule has 1 N–H and O–H groups in total. The van der Waals surface area contributed by atoms with Crippen LogP contribution in [0.2, 0.25) is 0 Å². The van der Waals surface area contributed by atoms with E-state index in [1.54, 1.807) is 20.2 Å². The second kappa shape index (κ2) is 6.22. The standard InChI is InChI=1S/C15H20N4O2/c1-10-17-15(21-19-10)11-6-7-16-14(8-11)18-12-4-3-5-13(9-12)20-2/h6-8,12-13H,3-5,9H2,1-2H3,(H,16,18). The average molecular weight is 288 g/mol. The van der Waals surface area contributed by atoms with Crippen LogP contribution in [0.1, 0.15) is 31.5 Å². The van der Waals surface area contributed by atoms with Crippen LogP contribution in [0.5, 0.6) is 0 Å². The predicted octanol–water partition coefficient (Wildman–Crippen LogP) is 2.81. The van der Waals surface area contributed by atoms with Crippen LogP contribution in [0.4, 0.5) is 5.82 Å². The summed E-state index contributed by atoms with van der Waals surface area (Å²) < 4.78 is 10.7. The van der Waals surface area contributed by atoms with E-state index in [9.17, 15) is 0 Å². The van der Waals surface area contributed by atoms with E-state index in [4.69, 9.17) is 9.26 Å². The highest BCUT2D eigenvalue weighted by Gasteiger charge is 2.22. The van der Waals surface area contributed by atoms with E-state index in [1.807, 2.05) is 12.1 Å². The molecule has 3 rings (SSSR count). The largest absolute Gasteiger partial charge is 0.381 e. The highest BCUT2D eigenvalue weighted by molar-refractivity contribution is 5.58. The van der Waals surface area contributed by atoms with Crippen molar-refractivity contribution in [2.45, 2.75) is 44.8 Å². The number of hydrogen-bond acceptors (Lipinski definition) is 6. The lowest BCUT2D eigenvalue weighted by Crippen LogP contribution is -2.31. The maximum atomic E-state index is 5.46. The van der Waals surface area contributed by atoms with Gasteiger partial charge in [0.25, 0.3) is 5.89 Å². The lowest BCUT2D eigenvalue weighted by molar-refractivity contribution is 0.0669. The highest BCUT2D eigenvalue weighted by Crippen LogP contribution is 2.25. The summed E-state index contributed by atoms with van der Waals surface area (Å²) in [6.45, 7) is 1.81. The van der Waals surface area contributed by atoms with Gasteiger partial charge in [0.15, 0.2) is 5.82 Å². The van der Waals surface area contributed by atoms with Gasteiger partial charge in [-0.2, -0.15) is 4.98 Å². The number of ether oxygens (including phenoxy) is 1. The van der Waals surface area contributed by atoms with Gasteiger partial charge in [0.05, 0.1) is 6.10 Å². The van der Waals surface area contributed by atoms with Gasteiger partial charge in [0.2, 0.25) is 0 Å². The molecule has 112 valence electrons. The first-order valence-corrected chi connectivity index (χ1v) is 7.30. The fourth-order valence-corrected chi connectivity index (χ4v) is 2.76. The van der Waals surface area contributed by atoms with Crippen molar-refractivity contribution in [1.29, 1.82) is 0 Å². The number of pyridine rings is 1. The second-order valence-electron chi connectivity index (χ2n) is 5.44. The average Bonchev–Trinajstić information content (AvgIpc) is 2.94. The minimum absolute atomic E-state index is 0.345. The first-order chi connectivity index (χ1) is 10.2. The Morgan fingerprint density at radius 3 is 3.05 bits per heavy atom. The first kappa shape index (κ1) is 14.0. The Labute approximate surface area is 123 Å². The number of rotatable bonds is 4. The maximum Gasteiger partial charge on any atom is 0.258 e. The second-order valence-corrected chi connectivity index (χ2v) is 5.44. The molecule has 0 aromatic carbocycles. The predicted molar refractivity (Wildman–Crippen MR) is 78.9 cm³/mol. The van der Waals surface area contributed by atoms with E-state index in [0.717, 1.165) is 30.6 Å². The van der Waals surface area contributed by atoms with Crippen LogP contribution < -0.4 is 5.32 Å². The number of hydrogen-bond donors (Lipinski definition) is 1. The van der Waals surface area contributed by atoms with Gasteiger partial charge in [0, 0.05) is 24.9 Å². The number of methoxy groups -OCH3 is 1. The number of anilines is 1. The molecular formula is C15H20N4O2. The SMILES string of the molecule is COC1CCCC(Nc2cc(-c3nc(C)no3)ccn2)C1. The zero-order chi connectivity index (χ0) is 14.7. The summed E-state index contributed by atoms with van der Waals surface area (Å²) in [4.78, 5) is 8.62. The van der Waals surface area contributed by atoms with E-state index >= 15 is 0 Å². The Balaban J connectivity index is 1.71. The molecule has 6 nitrogen and oxygen atoms in total. The zero-order valence-corrected chi connectivity index (χ0v) is 12.4. The van der Waals surface area contributed by atoms with Crippen LogP contribution in [0.15, 0.2) is 22.9 Å². The Hall–Kier alpha value is -1.95. The molecule has 2 heterocycles. The van der Waals surface area contributed by atoms with Gasteiger partial charge < -0.3 is 14.6 Å². The zero-order valence-electron chi connectivity index (χ0n) is 12.4. The molecule has 6 heteroatoms. The first-order valence-electron chi connectivity index (χ1n) is 7.30. The van der Waals surface area contributed by atoms with Crippen LogP contribution >= 0.6 is 0 Å². The molecule has 0 amide bonds. The van der Waals surface area contributed by atoms with E-state index in [1.165, 1.54) is 6.42 Å². The fourth-order valence-electron chi connectivity index (χ4n) is 2.76. The number of nitrogens with one attached hydrogen (secondary N) is 1. The van der Waals surface area contributed by atoms with Gasteiger partial charge in [-0.25, -0.2) is 4.98 Å². The summed E-state index contributed by atoms with van der Waals surface area (Å²) in [5, 5.41) is 7.30. The van der Waals surface area contributed by atoms with Crippen molar-refractivity contribution >= 4 is 5.82 Å². The molecular weight excluding hydrogens is 268 g/mol. The Kier molecular flexibility index (Phi) is 4.15. The lowest BCUT2D eigenvalue weighted by Gasteiger charge is -2.29. The van der Waals surface area contributed by atoms with E-state index in [2.05, 4.69) is 20.4 Å². The van der Waals surface area contributed by atoms with E-state index < -0.39 is 0 Å². The molecule has 0 aliphatic heterocycles. The van der Waals surface area contributed by atoms with E-state index in [0.29, 0.717) is 23.9 Å². The molecule has 21 heavy (non-hydrogen) atoms. The highest BCUT2D eigenvalue weighted by atomic mass is 16.5. The molecule has 2 atom stereocenters. The third kappa shape index (κ3) is 3.39. The van der Waals surface area contributed by atoms with Crippen LogP contribution in [0.3, 0.4) is 0 Å². The van der Waals surface area contributed by atoms with Gasteiger partial charge in [-0.3, -0.25) is 0 Å². The third-order valence-electron chi connectivity index (χ3n) is 3.85. The molecule has 2 aromatic heterocycles. The smallest absolute Gasteiger partial charge is 0.258 e. The number of aromatic nitrogens is 3. The van der Waals surface area contributed by atoms with Crippen molar-refractivity contribution in [3.8, 4) is 11.5 Å². The summed E-state index contributed by atoms with van der Waals surface area (Å²) in [5.41, 5.74) is 0.882. The molecule has 2 aromatic rings. The molecule has 0 radical (unpaired) electrons. The van der Waals surface area contributed by atoms with Gasteiger partial charge in [0.1, 0.15) is 5.82 Å². The van der Waals surface area contributed by atoms with Crippen molar-refractivity contribution in [2.24, 2.45) is 0 Å². The molecule has 0 saturated heterocycles. The van der Waals surface area contributed by atoms with Crippen molar-refractivity contribution in [1.82, 2.24) is 15.1 Å². The molecule has 0 spiro atoms. The monoisotopic (exact) mass is 288 g/mol. The molecule has 1 aliphatic carbocycles. The summed E-state index contributed by atoms with van der Waals surface area (Å²) in [5.74, 6) is 1.99. The van der Waals surface area contributed by atoms with Crippen molar-refractivity contribution in [3.63, 3.8) is 0 Å². The van der Waals surface area contributed by atoms with Crippen LogP contribution in [-0.2, 0) is 4.74 Å². The van der Waals surface area contributed by atoms with Gasteiger partial charge in [-0.15, -0.1) is 0 Å². The molecule has 1 saturated carbocycles. The molecule has 1 aliphatic rings. The fraction of sp³-hybridized carbons (Fsp3) is 0.533. The van der Waals surface area contributed by atoms with Gasteiger partial charge in [-0.1, -0.05) is 5.16 Å². The number of aryl methyl sites for hydroxylation is 1. The minimum atomic E-state index is 0.345. The number of nitrogens with zero attached hydrogens (tertiary/aromatic N) is 3. The molecule has 1 fully saturated rings. The molecule has 0 bridgehead atoms. The summed E-state index contributed by atoms with van der Waals surface area (Å²) in [6.07, 6.45) is 6.58. The summed E-state index contributed by atoms with van der Waals surface area (Å²) in [7, 11) is 1.78. The van der Waals surface area contributed by atoms with E-state index in [-0.39, 0.29) is 0 Å². The third-order valence-corrected chi connectivity index (χ3v) is 3.85. The Morgan fingerprint density at radius 1 is 1.38 bits per heavy atom. The quantitative estimate of drug-likeness (QED) is 0.932. The summed E-state index contributed by atoms with van der Waals surface area (Å²) in [6, 6.07) is 4.22. The Morgan fingerprint density at radius 2 is 2.29 bits per heavy atom. The summed E-state index contributed by atoms with van der Waals surface area (Å²) >= 11 is 0. The van der Waals surface area contributed by atoms with Crippen molar-refractivity contribution in [3.05, 3.63) is 24.2 Å². The molecule has 2 unspecified atom stereocenters. The maximum absolute atomic E-state index is 5.46. The minimum Gasteiger partial charge on any atom is -0.381 e. The van der Waals surface area contributed by atoms with Crippen LogP contribution in [-0.4, -0.2) is 34.4 Å². The normalized spacial score (nSPS) is 22.2. The topological polar surface area (TPSA) is 73.1 Å². The van der Waals surface area contributed by atoms with Crippen molar-refractivity contribution in [2.75, 3.05) is 12.4 Å². The van der Waals surface area contributed by atoms with Crippen LogP contribution in [0.25, 0.3) is 11.5 Å². The Bertz CT molecular complexity index is 599. The van der Waals surface area contributed by atoms with Crippen LogP contribution in [0, 0.1) is 6.92 Å². The van der Waals surface area contributed by atoms with Gasteiger partial charge >= 0.3 is 0 Å². The lowest BCUT2D eigenvalue weighted by atomic mass is 9.93. The van der Waals surface area contributed by atoms with Crippen molar-refractivity contribution < 1.29 is 9.26 Å².